The average Bonchev–Trinajstić information content (AvgIpc) is 3.56. The molecule has 0 aromatic carbocycles. The Morgan fingerprint density at radius 3 is 1.88 bits per heavy atom. The molecule has 0 saturated heterocycles. The van der Waals surface area contributed by atoms with Crippen LogP contribution in [0.3, 0.4) is 0 Å². The molecule has 0 heterocycles. The van der Waals surface area contributed by atoms with E-state index in [0.29, 0.717) is 76.3 Å². The second-order valence-corrected chi connectivity index (χ2v) is 23.8. The number of allylic oxidation sites excluding steroid dienone is 1. The van der Waals surface area contributed by atoms with Crippen LogP contribution in [0, 0.1) is 46.3 Å². The molecule has 3 fully saturated rings. The van der Waals surface area contributed by atoms with E-state index in [1.165, 1.54) is 56.9 Å². The monoisotopic (exact) mass is 943 g/mol. The number of rotatable bonds is 22. The number of carbonyl (C=O) groups is 5. The van der Waals surface area contributed by atoms with Crippen LogP contribution in [0.2, 0.25) is 0 Å². The van der Waals surface area contributed by atoms with E-state index in [2.05, 4.69) is 44.4 Å². The van der Waals surface area contributed by atoms with Gasteiger partial charge in [0.15, 0.2) is 0 Å². The van der Waals surface area contributed by atoms with Crippen LogP contribution < -0.4 is 10.6 Å². The number of nitrogens with one attached hydrogen (secondary N) is 2. The predicted molar refractivity (Wildman–Crippen MR) is 264 cm³/mol. The van der Waals surface area contributed by atoms with E-state index in [1.54, 1.807) is 72.1 Å². The summed E-state index contributed by atoms with van der Waals surface area (Å²) in [5.74, 6) is 2.05. The zero-order chi connectivity index (χ0) is 49.7. The van der Waals surface area contributed by atoms with Gasteiger partial charge < -0.3 is 39.4 Å². The summed E-state index contributed by atoms with van der Waals surface area (Å²) in [6, 6.07) is 0. The minimum Gasteiger partial charge on any atom is -0.461 e. The summed E-state index contributed by atoms with van der Waals surface area (Å²) in [5, 5.41) is 5.51. The van der Waals surface area contributed by atoms with Gasteiger partial charge in [-0.05, 0) is 180 Å². The lowest BCUT2D eigenvalue weighted by Gasteiger charge is -2.58. The summed E-state index contributed by atoms with van der Waals surface area (Å²) in [6.07, 6.45) is 17.1. The highest BCUT2D eigenvalue weighted by Gasteiger charge is 2.58. The van der Waals surface area contributed by atoms with E-state index in [4.69, 9.17) is 18.9 Å². The smallest absolute Gasteiger partial charge is 0.410 e. The molecule has 4 aliphatic carbocycles. The lowest BCUT2D eigenvalue weighted by Crippen LogP contribution is -2.50. The van der Waals surface area contributed by atoms with Gasteiger partial charge >= 0.3 is 24.2 Å². The Morgan fingerprint density at radius 1 is 0.716 bits per heavy atom. The molecule has 3 saturated carbocycles. The molecule has 0 aromatic heterocycles. The number of ether oxygens (including phenoxy) is 4. The normalized spacial score (nSPS) is 26.3. The zero-order valence-corrected chi connectivity index (χ0v) is 44.3. The van der Waals surface area contributed by atoms with Gasteiger partial charge in [-0.3, -0.25) is 9.59 Å². The molecule has 0 aromatic rings. The van der Waals surface area contributed by atoms with Gasteiger partial charge in [-0.1, -0.05) is 58.6 Å². The van der Waals surface area contributed by atoms with Crippen molar-refractivity contribution < 1.29 is 42.9 Å². The van der Waals surface area contributed by atoms with Crippen molar-refractivity contribution in [1.29, 1.82) is 0 Å². The molecule has 8 atom stereocenters. The fraction of sp³-hybridized carbons (Fsp3) is 0.870. The van der Waals surface area contributed by atoms with Crippen molar-refractivity contribution in [1.82, 2.24) is 20.4 Å². The Morgan fingerprint density at radius 2 is 1.30 bits per heavy atom. The first-order valence-corrected chi connectivity index (χ1v) is 26.4. The van der Waals surface area contributed by atoms with Gasteiger partial charge in [0, 0.05) is 45.7 Å². The number of nitrogens with zero attached hydrogens (tertiary/aromatic N) is 2. The minimum atomic E-state index is -0.997. The average molecular weight is 943 g/mol. The maximum Gasteiger partial charge on any atom is 0.410 e. The summed E-state index contributed by atoms with van der Waals surface area (Å²) < 4.78 is 22.5. The number of unbranched alkanes of at least 4 members (excludes halogenated alkanes) is 2. The number of hydrogen-bond donors (Lipinski definition) is 2. The standard InChI is InChI=1S/C54H94N4O9/c1-37(2)20-14-15-21-40-23-25-44-43-24-22-41-36-42(26-28-54(41,13)45(43)27-29-53(40,44)12)65-47(60)39(5)46(59)57(34-18-30-55-48(61)66-51(6,7)8)32-16-17-33-58(50(63)64-38(3)4)35-19-31-56-49(62)67-52(9,10)11/h22,37-40,42-45H,14-21,23-36H2,1-13H3,(H,55,61)(H,56,62). The predicted octanol–water partition coefficient (Wildman–Crippen LogP) is 11.6. The molecule has 8 unspecified atom stereocenters. The van der Waals surface area contributed by atoms with Crippen molar-refractivity contribution in [3.63, 3.8) is 0 Å². The molecule has 4 amide bonds. The highest BCUT2D eigenvalue weighted by molar-refractivity contribution is 5.97. The van der Waals surface area contributed by atoms with E-state index >= 15 is 0 Å². The van der Waals surface area contributed by atoms with E-state index in [9.17, 15) is 24.0 Å². The van der Waals surface area contributed by atoms with Crippen molar-refractivity contribution in [3.8, 4) is 0 Å². The molecule has 0 radical (unpaired) electrons. The van der Waals surface area contributed by atoms with Gasteiger partial charge in [0.05, 0.1) is 6.10 Å². The van der Waals surface area contributed by atoms with Crippen LogP contribution in [0.25, 0.3) is 0 Å². The lowest BCUT2D eigenvalue weighted by molar-refractivity contribution is -0.161. The molecular weight excluding hydrogens is 849 g/mol. The molecule has 4 rings (SSSR count). The maximum absolute atomic E-state index is 14.2. The van der Waals surface area contributed by atoms with Crippen LogP contribution in [0.1, 0.15) is 193 Å². The third kappa shape index (κ3) is 16.9. The topological polar surface area (TPSA) is 153 Å². The fourth-order valence-electron chi connectivity index (χ4n) is 12.0. The molecule has 2 N–H and O–H groups in total. The van der Waals surface area contributed by atoms with Crippen LogP contribution in [0.15, 0.2) is 11.6 Å². The Hall–Kier alpha value is -3.51. The van der Waals surface area contributed by atoms with Crippen molar-refractivity contribution in [3.05, 3.63) is 11.6 Å². The molecule has 13 nitrogen and oxygen atoms in total. The molecule has 13 heteroatoms. The van der Waals surface area contributed by atoms with E-state index in [-0.39, 0.29) is 23.5 Å². The minimum absolute atomic E-state index is 0.131. The van der Waals surface area contributed by atoms with Crippen LogP contribution in [-0.4, -0.2) is 103 Å². The second-order valence-electron chi connectivity index (χ2n) is 23.8. The summed E-state index contributed by atoms with van der Waals surface area (Å²) in [7, 11) is 0. The van der Waals surface area contributed by atoms with Gasteiger partial charge in [-0.15, -0.1) is 0 Å². The van der Waals surface area contributed by atoms with Gasteiger partial charge in [0.1, 0.15) is 23.2 Å². The maximum atomic E-state index is 14.2. The van der Waals surface area contributed by atoms with Crippen LogP contribution in [0.4, 0.5) is 14.4 Å². The van der Waals surface area contributed by atoms with Gasteiger partial charge in [0.2, 0.25) is 5.91 Å². The summed E-state index contributed by atoms with van der Waals surface area (Å²) in [5.41, 5.74) is 0.797. The number of fused-ring (bicyclic) bond motifs is 5. The lowest BCUT2D eigenvalue weighted by atomic mass is 9.47. The largest absolute Gasteiger partial charge is 0.461 e. The highest BCUT2D eigenvalue weighted by Crippen LogP contribution is 2.67. The fourth-order valence-corrected chi connectivity index (χ4v) is 12.0. The van der Waals surface area contributed by atoms with Crippen LogP contribution in [0.5, 0.6) is 0 Å². The second kappa shape index (κ2) is 24.9. The number of esters is 1. The first-order valence-electron chi connectivity index (χ1n) is 26.4. The van der Waals surface area contributed by atoms with Crippen molar-refractivity contribution >= 4 is 30.2 Å². The van der Waals surface area contributed by atoms with E-state index in [0.717, 1.165) is 49.4 Å². The van der Waals surface area contributed by atoms with Gasteiger partial charge in [-0.25, -0.2) is 14.4 Å². The number of hydrogen-bond acceptors (Lipinski definition) is 9. The number of amides is 4. The first kappa shape index (κ1) is 56.1. The molecule has 4 aliphatic rings. The Labute approximate surface area is 405 Å². The van der Waals surface area contributed by atoms with Gasteiger partial charge in [0.25, 0.3) is 0 Å². The first-order chi connectivity index (χ1) is 31.3. The summed E-state index contributed by atoms with van der Waals surface area (Å²) >= 11 is 0. The quantitative estimate of drug-likeness (QED) is 0.0355. The molecular formula is C54H94N4O9. The zero-order valence-electron chi connectivity index (χ0n) is 44.3. The van der Waals surface area contributed by atoms with Crippen molar-refractivity contribution in [2.75, 3.05) is 39.3 Å². The van der Waals surface area contributed by atoms with E-state index < -0.39 is 41.4 Å². The molecule has 0 aliphatic heterocycles. The van der Waals surface area contributed by atoms with Crippen molar-refractivity contribution in [2.45, 2.75) is 216 Å². The number of carbonyl (C=O) groups excluding carboxylic acids is 5. The molecule has 67 heavy (non-hydrogen) atoms. The molecule has 384 valence electrons. The van der Waals surface area contributed by atoms with Crippen LogP contribution >= 0.6 is 0 Å². The van der Waals surface area contributed by atoms with E-state index in [1.807, 2.05) is 0 Å². The van der Waals surface area contributed by atoms with Crippen molar-refractivity contribution in [2.24, 2.45) is 46.3 Å². The Bertz CT molecular complexity index is 1670. The highest BCUT2D eigenvalue weighted by atomic mass is 16.6. The summed E-state index contributed by atoms with van der Waals surface area (Å²) in [6.45, 7) is 27.9. The third-order valence-corrected chi connectivity index (χ3v) is 15.4. The summed E-state index contributed by atoms with van der Waals surface area (Å²) in [4.78, 5) is 68.9. The number of alkyl carbamates (subject to hydrolysis) is 2. The van der Waals surface area contributed by atoms with Crippen LogP contribution in [-0.2, 0) is 28.5 Å². The Kier molecular flexibility index (Phi) is 20.8. The van der Waals surface area contributed by atoms with Gasteiger partial charge in [-0.2, -0.15) is 0 Å². The molecule has 0 spiro atoms. The third-order valence-electron chi connectivity index (χ3n) is 15.4. The SMILES string of the molecule is CC(C)CCCCC1CCC2C3CC=C4CC(OC(=O)C(C)C(=O)N(CCCCN(CCCNC(=O)OC(C)(C)C)C(=O)OC(C)C)CCCNC(=O)OC(C)(C)C)CCC4(C)C3CCC12C. The Balaban J connectivity index is 1.34. The molecule has 0 bridgehead atoms.